The first-order chi connectivity index (χ1) is 13.6. The van der Waals surface area contributed by atoms with Gasteiger partial charge in [0.2, 0.25) is 0 Å². The number of fused-ring (bicyclic) bond motifs is 1. The van der Waals surface area contributed by atoms with Gasteiger partial charge in [0.15, 0.2) is 0 Å². The topological polar surface area (TPSA) is 39.2 Å². The number of ether oxygens (including phenoxy) is 1. The lowest BCUT2D eigenvalue weighted by Gasteiger charge is -2.16. The van der Waals surface area contributed by atoms with Gasteiger partial charge in [0.1, 0.15) is 5.82 Å². The van der Waals surface area contributed by atoms with Crippen molar-refractivity contribution in [3.05, 3.63) is 65.6 Å². The number of esters is 1. The fourth-order valence-corrected chi connectivity index (χ4v) is 2.76. The van der Waals surface area contributed by atoms with Gasteiger partial charge in [-0.3, -0.25) is 4.98 Å². The van der Waals surface area contributed by atoms with E-state index in [1.165, 1.54) is 24.3 Å². The number of rotatable bonds is 3. The summed E-state index contributed by atoms with van der Waals surface area (Å²) in [7, 11) is 1.14. The Morgan fingerprint density at radius 2 is 1.96 bits per heavy atom. The van der Waals surface area contributed by atoms with Crippen LogP contribution >= 0.6 is 0 Å². The summed E-state index contributed by atoms with van der Waals surface area (Å²) in [6.07, 6.45) is -5.11. The van der Waals surface area contributed by atoms with Gasteiger partial charge in [-0.05, 0) is 36.5 Å². The zero-order valence-corrected chi connectivity index (χ0v) is 12.8. The molecule has 24 heavy (non-hydrogen) atoms. The van der Waals surface area contributed by atoms with Gasteiger partial charge in [-0.25, -0.2) is 9.18 Å². The number of pyridine rings is 1. The Kier molecular flexibility index (Phi) is 2.42. The highest BCUT2D eigenvalue weighted by Gasteiger charge is 2.33. The van der Waals surface area contributed by atoms with E-state index in [2.05, 4.69) is 4.98 Å². The third kappa shape index (κ3) is 2.44. The molecule has 0 radical (unpaired) electrons. The Morgan fingerprint density at radius 3 is 2.62 bits per heavy atom. The van der Waals surface area contributed by atoms with Crippen molar-refractivity contribution in [3.8, 4) is 11.1 Å². The highest BCUT2D eigenvalue weighted by Crippen LogP contribution is 2.45. The summed E-state index contributed by atoms with van der Waals surface area (Å²) in [6, 6.07) is 12.1. The fraction of sp³-hybridized carbons (Fsp3) is 0.200. The SMILES string of the molecule is [2H]C1([2H])C([2H])([2H])C1([2H])c1nc2ccccc2c(-c2ccc(F)cc2)c1C(=O)OC. The zero-order chi connectivity index (χ0) is 21.2. The summed E-state index contributed by atoms with van der Waals surface area (Å²) in [4.78, 5) is 17.1. The van der Waals surface area contributed by atoms with Crippen LogP contribution in [0.15, 0.2) is 48.5 Å². The normalized spacial score (nSPS) is 22.5. The molecule has 1 aliphatic rings. The smallest absolute Gasteiger partial charge is 0.340 e. The molecule has 3 nitrogen and oxygen atoms in total. The third-order valence-corrected chi connectivity index (χ3v) is 3.90. The molecule has 0 saturated heterocycles. The van der Waals surface area contributed by atoms with Gasteiger partial charge in [-0.1, -0.05) is 30.3 Å². The van der Waals surface area contributed by atoms with Crippen LogP contribution < -0.4 is 0 Å². The van der Waals surface area contributed by atoms with Crippen molar-refractivity contribution in [2.45, 2.75) is 18.6 Å². The summed E-state index contributed by atoms with van der Waals surface area (Å²) in [5.74, 6) is -3.75. The van der Waals surface area contributed by atoms with Crippen molar-refractivity contribution in [1.82, 2.24) is 4.98 Å². The van der Waals surface area contributed by atoms with E-state index in [0.29, 0.717) is 22.0 Å². The van der Waals surface area contributed by atoms with Crippen LogP contribution in [0.5, 0.6) is 0 Å². The average molecular weight is 326 g/mol. The molecule has 0 N–H and O–H groups in total. The van der Waals surface area contributed by atoms with Gasteiger partial charge in [0.05, 0.1) is 23.9 Å². The van der Waals surface area contributed by atoms with Gasteiger partial charge in [0, 0.05) is 23.7 Å². The maximum absolute atomic E-state index is 13.5. The van der Waals surface area contributed by atoms with Crippen LogP contribution in [0.1, 0.15) is 41.5 Å². The second-order valence-electron chi connectivity index (χ2n) is 5.35. The number of halogens is 1. The first kappa shape index (κ1) is 10.2. The number of methoxy groups -OCH3 is 1. The van der Waals surface area contributed by atoms with Crippen LogP contribution in [0.3, 0.4) is 0 Å². The summed E-state index contributed by atoms with van der Waals surface area (Å²) in [5.41, 5.74) is 0.564. The average Bonchev–Trinajstić information content (AvgIpc) is 3.03. The highest BCUT2D eigenvalue weighted by atomic mass is 19.1. The molecule has 0 bridgehead atoms. The third-order valence-electron chi connectivity index (χ3n) is 3.90. The van der Waals surface area contributed by atoms with Crippen LogP contribution in [0.4, 0.5) is 4.39 Å². The lowest BCUT2D eigenvalue weighted by molar-refractivity contribution is 0.0600. The number of aromatic nitrogens is 1. The molecule has 2 aromatic carbocycles. The number of hydrogen-bond donors (Lipinski definition) is 0. The van der Waals surface area contributed by atoms with Crippen molar-refractivity contribution < 1.29 is 20.8 Å². The summed E-state index contributed by atoms with van der Waals surface area (Å²) < 4.78 is 59.0. The molecule has 0 aliphatic heterocycles. The maximum atomic E-state index is 13.5. The minimum absolute atomic E-state index is 0.196. The minimum atomic E-state index is -2.56. The summed E-state index contributed by atoms with van der Waals surface area (Å²) >= 11 is 0. The molecule has 120 valence electrons. The van der Waals surface area contributed by atoms with Crippen molar-refractivity contribution in [1.29, 1.82) is 0 Å². The Balaban J connectivity index is 2.16. The van der Waals surface area contributed by atoms with Crippen LogP contribution in [-0.2, 0) is 4.74 Å². The van der Waals surface area contributed by atoms with Crippen molar-refractivity contribution in [2.24, 2.45) is 0 Å². The molecule has 1 heterocycles. The molecular weight excluding hydrogens is 305 g/mol. The molecule has 1 aromatic heterocycles. The van der Waals surface area contributed by atoms with E-state index < -0.39 is 30.4 Å². The summed E-state index contributed by atoms with van der Waals surface area (Å²) in [6.45, 7) is 0. The quantitative estimate of drug-likeness (QED) is 0.655. The highest BCUT2D eigenvalue weighted by molar-refractivity contribution is 6.08. The van der Waals surface area contributed by atoms with Crippen LogP contribution in [0, 0.1) is 5.82 Å². The summed E-state index contributed by atoms with van der Waals surface area (Å²) in [5, 5.41) is 0.522. The first-order valence-corrected chi connectivity index (χ1v) is 7.35. The molecule has 0 atom stereocenters. The van der Waals surface area contributed by atoms with Gasteiger partial charge in [-0.2, -0.15) is 0 Å². The molecule has 3 aromatic rings. The largest absolute Gasteiger partial charge is 0.465 e. The van der Waals surface area contributed by atoms with Crippen LogP contribution in [-0.4, -0.2) is 18.1 Å². The van der Waals surface area contributed by atoms with E-state index in [1.807, 2.05) is 0 Å². The number of benzene rings is 2. The van der Waals surface area contributed by atoms with E-state index >= 15 is 0 Å². The molecule has 1 saturated carbocycles. The number of hydrogen-bond acceptors (Lipinski definition) is 3. The van der Waals surface area contributed by atoms with E-state index in [1.54, 1.807) is 24.3 Å². The Labute approximate surface area is 146 Å². The second-order valence-corrected chi connectivity index (χ2v) is 5.35. The fourth-order valence-electron chi connectivity index (χ4n) is 2.76. The Bertz CT molecular complexity index is 1130. The Morgan fingerprint density at radius 1 is 1.25 bits per heavy atom. The van der Waals surface area contributed by atoms with Gasteiger partial charge >= 0.3 is 5.97 Å². The minimum Gasteiger partial charge on any atom is -0.465 e. The van der Waals surface area contributed by atoms with Gasteiger partial charge in [0.25, 0.3) is 0 Å². The van der Waals surface area contributed by atoms with Crippen LogP contribution in [0.2, 0.25) is 0 Å². The van der Waals surface area contributed by atoms with E-state index in [-0.39, 0.29) is 11.3 Å². The standard InChI is InChI=1S/C20H16FNO2/c1-24-20(23)18-17(12-8-10-14(21)11-9-12)15-4-2-3-5-16(15)22-19(18)13-6-7-13/h2-5,8-11,13H,6-7H2,1H3/i6D2,7D2,13D. The molecule has 1 fully saturated rings. The maximum Gasteiger partial charge on any atom is 0.340 e. The second kappa shape index (κ2) is 5.71. The lowest BCUT2D eigenvalue weighted by atomic mass is 9.93. The van der Waals surface area contributed by atoms with E-state index in [0.717, 1.165) is 7.11 Å². The number of para-hydroxylation sites is 1. The van der Waals surface area contributed by atoms with E-state index in [9.17, 15) is 9.18 Å². The molecule has 0 spiro atoms. The molecule has 0 amide bonds. The number of carbonyl (C=O) groups excluding carboxylic acids is 1. The van der Waals surface area contributed by atoms with Crippen molar-refractivity contribution in [3.63, 3.8) is 0 Å². The van der Waals surface area contributed by atoms with E-state index in [4.69, 9.17) is 11.6 Å². The predicted octanol–water partition coefficient (Wildman–Crippen LogP) is 4.70. The number of nitrogens with zero attached hydrogens (tertiary/aromatic N) is 1. The lowest BCUT2D eigenvalue weighted by Crippen LogP contribution is -2.10. The Hall–Kier alpha value is -2.75. The monoisotopic (exact) mass is 326 g/mol. The number of carbonyl (C=O) groups is 1. The van der Waals surface area contributed by atoms with Gasteiger partial charge < -0.3 is 4.74 Å². The predicted molar refractivity (Wildman–Crippen MR) is 90.5 cm³/mol. The van der Waals surface area contributed by atoms with Crippen molar-refractivity contribution in [2.75, 3.05) is 7.11 Å². The zero-order valence-electron chi connectivity index (χ0n) is 17.8. The molecular formula is C20H16FNO2. The molecule has 4 heteroatoms. The molecule has 1 aliphatic carbocycles. The van der Waals surface area contributed by atoms with Gasteiger partial charge in [-0.15, -0.1) is 0 Å². The molecule has 0 unspecified atom stereocenters. The molecule has 4 rings (SSSR count). The van der Waals surface area contributed by atoms with Crippen molar-refractivity contribution >= 4 is 16.9 Å². The first-order valence-electron chi connectivity index (χ1n) is 9.85. The van der Waals surface area contributed by atoms with Crippen LogP contribution in [0.25, 0.3) is 22.0 Å².